The third-order valence-corrected chi connectivity index (χ3v) is 8.00. The van der Waals surface area contributed by atoms with Gasteiger partial charge in [-0.25, -0.2) is 13.4 Å². The van der Waals surface area contributed by atoms with Crippen molar-refractivity contribution >= 4 is 27.3 Å². The summed E-state index contributed by atoms with van der Waals surface area (Å²) in [5.74, 6) is -0.312. The molecule has 0 saturated carbocycles. The Bertz CT molecular complexity index is 1150. The Morgan fingerprint density at radius 1 is 1.26 bits per heavy atom. The van der Waals surface area contributed by atoms with Crippen molar-refractivity contribution in [1.82, 2.24) is 19.6 Å². The van der Waals surface area contributed by atoms with Crippen LogP contribution in [0.4, 0.5) is 0 Å². The van der Waals surface area contributed by atoms with Gasteiger partial charge in [0.2, 0.25) is 10.0 Å². The summed E-state index contributed by atoms with van der Waals surface area (Å²) in [4.78, 5) is 20.9. The van der Waals surface area contributed by atoms with Gasteiger partial charge < -0.3 is 15.0 Å². The van der Waals surface area contributed by atoms with E-state index in [9.17, 15) is 13.2 Å². The number of morpholine rings is 1. The van der Waals surface area contributed by atoms with Crippen LogP contribution < -0.4 is 5.32 Å². The molecule has 2 N–H and O–H groups in total. The smallest absolute Gasteiger partial charge is 0.251 e. The zero-order chi connectivity index (χ0) is 21.8. The van der Waals surface area contributed by atoms with E-state index >= 15 is 0 Å². The molecular weight excluding hydrogens is 436 g/mol. The highest BCUT2D eigenvalue weighted by molar-refractivity contribution is 7.89. The van der Waals surface area contributed by atoms with Gasteiger partial charge in [0.05, 0.1) is 24.4 Å². The lowest BCUT2D eigenvalue weighted by molar-refractivity contribution is 0.0730. The van der Waals surface area contributed by atoms with E-state index in [1.54, 1.807) is 24.7 Å². The number of aromatic nitrogens is 2. The standard InChI is InChI=1S/C21H24N4O4S2/c1-15-8-20(30-13-15)16-9-17(21(26)23-3-2-18-12-22-14-24-18)11-19(10-16)31(27,28)25-4-6-29-7-5-25/h8-14H,2-7H2,1H3,(H,22,24)(H,23,26). The van der Waals surface area contributed by atoms with Crippen LogP contribution in [0.2, 0.25) is 0 Å². The lowest BCUT2D eigenvalue weighted by Crippen LogP contribution is -2.40. The van der Waals surface area contributed by atoms with Crippen molar-refractivity contribution in [3.8, 4) is 10.4 Å². The van der Waals surface area contributed by atoms with Crippen LogP contribution >= 0.6 is 11.3 Å². The minimum atomic E-state index is -3.73. The van der Waals surface area contributed by atoms with Crippen molar-refractivity contribution in [2.45, 2.75) is 18.2 Å². The summed E-state index contributed by atoms with van der Waals surface area (Å²) in [7, 11) is -3.73. The van der Waals surface area contributed by atoms with Gasteiger partial charge in [-0.3, -0.25) is 4.79 Å². The Morgan fingerprint density at radius 2 is 2.06 bits per heavy atom. The molecule has 0 unspecified atom stereocenters. The normalized spacial score (nSPS) is 15.1. The number of amides is 1. The van der Waals surface area contributed by atoms with Crippen LogP contribution in [0.1, 0.15) is 21.6 Å². The van der Waals surface area contributed by atoms with Crippen LogP contribution in [0.5, 0.6) is 0 Å². The molecule has 0 bridgehead atoms. The number of H-pyrrole nitrogens is 1. The average Bonchev–Trinajstić information content (AvgIpc) is 3.46. The number of thiophene rings is 1. The van der Waals surface area contributed by atoms with Gasteiger partial charge in [-0.1, -0.05) is 0 Å². The average molecular weight is 461 g/mol. The number of nitrogens with one attached hydrogen (secondary N) is 2. The highest BCUT2D eigenvalue weighted by atomic mass is 32.2. The second-order valence-electron chi connectivity index (χ2n) is 7.33. The number of benzene rings is 1. The molecule has 2 aromatic heterocycles. The lowest BCUT2D eigenvalue weighted by Gasteiger charge is -2.26. The van der Waals surface area contributed by atoms with E-state index in [1.807, 2.05) is 18.4 Å². The van der Waals surface area contributed by atoms with Gasteiger partial charge in [0, 0.05) is 48.4 Å². The first-order valence-electron chi connectivity index (χ1n) is 9.97. The van der Waals surface area contributed by atoms with Crippen LogP contribution in [0.3, 0.4) is 0 Å². The summed E-state index contributed by atoms with van der Waals surface area (Å²) in [5, 5.41) is 4.87. The Kier molecular flexibility index (Phi) is 6.51. The fourth-order valence-electron chi connectivity index (χ4n) is 3.37. The van der Waals surface area contributed by atoms with Crippen molar-refractivity contribution in [1.29, 1.82) is 0 Å². The topological polar surface area (TPSA) is 104 Å². The van der Waals surface area contributed by atoms with E-state index < -0.39 is 10.0 Å². The molecule has 1 amide bonds. The summed E-state index contributed by atoms with van der Waals surface area (Å²) in [5.41, 5.74) is 3.04. The van der Waals surface area contributed by atoms with Crippen LogP contribution in [0.25, 0.3) is 10.4 Å². The molecule has 0 atom stereocenters. The Balaban J connectivity index is 1.63. The molecule has 0 radical (unpaired) electrons. The maximum Gasteiger partial charge on any atom is 0.251 e. The van der Waals surface area contributed by atoms with E-state index in [2.05, 4.69) is 15.3 Å². The predicted molar refractivity (Wildman–Crippen MR) is 119 cm³/mol. The number of hydrogen-bond donors (Lipinski definition) is 2. The molecule has 164 valence electrons. The molecular formula is C21H24N4O4S2. The summed E-state index contributed by atoms with van der Waals surface area (Å²) < 4.78 is 33.2. The number of aryl methyl sites for hydroxylation is 1. The SMILES string of the molecule is Cc1csc(-c2cc(C(=O)NCCc3cnc[nH]3)cc(S(=O)(=O)N3CCOCC3)c2)c1. The first kappa shape index (κ1) is 21.7. The molecule has 1 aromatic carbocycles. The lowest BCUT2D eigenvalue weighted by atomic mass is 10.1. The van der Waals surface area contributed by atoms with Gasteiger partial charge in [0.15, 0.2) is 0 Å². The molecule has 1 saturated heterocycles. The third-order valence-electron chi connectivity index (χ3n) is 5.03. The molecule has 10 heteroatoms. The second-order valence-corrected chi connectivity index (χ2v) is 10.2. The molecule has 0 aliphatic carbocycles. The molecule has 4 rings (SSSR count). The number of carbonyl (C=O) groups is 1. The molecule has 8 nitrogen and oxygen atoms in total. The van der Waals surface area contributed by atoms with Gasteiger partial charge >= 0.3 is 0 Å². The zero-order valence-electron chi connectivity index (χ0n) is 17.1. The molecule has 1 fully saturated rings. The highest BCUT2D eigenvalue weighted by Crippen LogP contribution is 2.31. The number of carbonyl (C=O) groups excluding carboxylic acids is 1. The molecule has 3 heterocycles. The van der Waals surface area contributed by atoms with Gasteiger partial charge in [-0.2, -0.15) is 4.31 Å². The molecule has 1 aliphatic rings. The second kappa shape index (κ2) is 9.31. The largest absolute Gasteiger partial charge is 0.379 e. The monoisotopic (exact) mass is 460 g/mol. The quantitative estimate of drug-likeness (QED) is 0.564. The van der Waals surface area contributed by atoms with E-state index in [0.717, 1.165) is 16.1 Å². The van der Waals surface area contributed by atoms with Gasteiger partial charge in [-0.05, 0) is 47.7 Å². The molecule has 3 aromatic rings. The van der Waals surface area contributed by atoms with Crippen LogP contribution in [0, 0.1) is 6.92 Å². The fourth-order valence-corrected chi connectivity index (χ4v) is 5.74. The zero-order valence-corrected chi connectivity index (χ0v) is 18.8. The first-order chi connectivity index (χ1) is 14.9. The van der Waals surface area contributed by atoms with Crippen molar-refractivity contribution < 1.29 is 17.9 Å². The van der Waals surface area contributed by atoms with Crippen molar-refractivity contribution in [2.75, 3.05) is 32.8 Å². The first-order valence-corrected chi connectivity index (χ1v) is 12.3. The van der Waals surface area contributed by atoms with Crippen LogP contribution in [-0.2, 0) is 21.2 Å². The van der Waals surface area contributed by atoms with Gasteiger partial charge in [0.25, 0.3) is 5.91 Å². The van der Waals surface area contributed by atoms with E-state index in [1.165, 1.54) is 21.7 Å². The van der Waals surface area contributed by atoms with Gasteiger partial charge in [0.1, 0.15) is 0 Å². The predicted octanol–water partition coefficient (Wildman–Crippen LogP) is 2.44. The minimum absolute atomic E-state index is 0.122. The van der Waals surface area contributed by atoms with Crippen molar-refractivity contribution in [3.63, 3.8) is 0 Å². The summed E-state index contributed by atoms with van der Waals surface area (Å²) in [6.45, 7) is 3.73. The van der Waals surface area contributed by atoms with Crippen LogP contribution in [0.15, 0.2) is 47.1 Å². The number of imidazole rings is 1. The maximum atomic E-state index is 13.3. The van der Waals surface area contributed by atoms with E-state index in [4.69, 9.17) is 4.74 Å². The molecule has 31 heavy (non-hydrogen) atoms. The minimum Gasteiger partial charge on any atom is -0.379 e. The van der Waals surface area contributed by atoms with Gasteiger partial charge in [-0.15, -0.1) is 11.3 Å². The molecule has 0 spiro atoms. The number of ether oxygens (including phenoxy) is 1. The number of hydrogen-bond acceptors (Lipinski definition) is 6. The number of aromatic amines is 1. The van der Waals surface area contributed by atoms with Crippen molar-refractivity contribution in [2.24, 2.45) is 0 Å². The number of rotatable bonds is 7. The summed E-state index contributed by atoms with van der Waals surface area (Å²) in [6.07, 6.45) is 3.90. The molecule has 1 aliphatic heterocycles. The fraction of sp³-hybridized carbons (Fsp3) is 0.333. The summed E-state index contributed by atoms with van der Waals surface area (Å²) in [6, 6.07) is 6.85. The third kappa shape index (κ3) is 5.04. The summed E-state index contributed by atoms with van der Waals surface area (Å²) >= 11 is 1.52. The van der Waals surface area contributed by atoms with Crippen molar-refractivity contribution in [3.05, 3.63) is 59.0 Å². The Hall–Kier alpha value is -2.53. The Labute approximate surface area is 185 Å². The number of sulfonamides is 1. The highest BCUT2D eigenvalue weighted by Gasteiger charge is 2.28. The van der Waals surface area contributed by atoms with E-state index in [0.29, 0.717) is 50.4 Å². The maximum absolute atomic E-state index is 13.3. The van der Waals surface area contributed by atoms with Crippen LogP contribution in [-0.4, -0.2) is 61.4 Å². The Morgan fingerprint density at radius 3 is 2.74 bits per heavy atom. The number of nitrogens with zero attached hydrogens (tertiary/aromatic N) is 2. The van der Waals surface area contributed by atoms with E-state index in [-0.39, 0.29) is 10.8 Å².